The standard InChI is InChI=1S/C19H31N3O2.HI/c1-4-20-19(22(2)12-13-24-15-17-8-9-17)21-11-10-16-6-5-7-18(14-16)23-3;/h5-7,14,17H,4,8-13,15H2,1-3H3,(H,20,21);1H. The first-order valence-corrected chi connectivity index (χ1v) is 8.93. The van der Waals surface area contributed by atoms with Gasteiger partial charge in [0.05, 0.1) is 13.7 Å². The molecule has 1 N–H and O–H groups in total. The smallest absolute Gasteiger partial charge is 0.193 e. The summed E-state index contributed by atoms with van der Waals surface area (Å²) in [6.07, 6.45) is 3.58. The van der Waals surface area contributed by atoms with Gasteiger partial charge in [0.15, 0.2) is 5.96 Å². The molecule has 1 saturated carbocycles. The molecule has 0 aliphatic heterocycles. The van der Waals surface area contributed by atoms with E-state index in [0.717, 1.165) is 56.9 Å². The maximum atomic E-state index is 5.72. The fourth-order valence-electron chi connectivity index (χ4n) is 2.43. The highest BCUT2D eigenvalue weighted by molar-refractivity contribution is 14.0. The number of guanidine groups is 1. The lowest BCUT2D eigenvalue weighted by Crippen LogP contribution is -2.40. The SMILES string of the molecule is CCNC(=NCCc1cccc(OC)c1)N(C)CCOCC1CC1.I. The van der Waals surface area contributed by atoms with Crippen LogP contribution >= 0.6 is 24.0 Å². The molecular weight excluding hydrogens is 429 g/mol. The molecule has 142 valence electrons. The maximum Gasteiger partial charge on any atom is 0.193 e. The van der Waals surface area contributed by atoms with Crippen molar-refractivity contribution in [1.82, 2.24) is 10.2 Å². The van der Waals surface area contributed by atoms with Crippen LogP contribution in [0.3, 0.4) is 0 Å². The summed E-state index contributed by atoms with van der Waals surface area (Å²) in [5, 5.41) is 3.35. The van der Waals surface area contributed by atoms with Gasteiger partial charge in [-0.05, 0) is 49.8 Å². The monoisotopic (exact) mass is 461 g/mol. The van der Waals surface area contributed by atoms with E-state index in [9.17, 15) is 0 Å². The predicted octanol–water partition coefficient (Wildman–Crippen LogP) is 3.18. The van der Waals surface area contributed by atoms with Crippen molar-refractivity contribution < 1.29 is 9.47 Å². The molecule has 0 unspecified atom stereocenters. The molecule has 0 saturated heterocycles. The van der Waals surface area contributed by atoms with Gasteiger partial charge in [0, 0.05) is 33.3 Å². The molecule has 2 rings (SSSR count). The summed E-state index contributed by atoms with van der Waals surface area (Å²) in [5.41, 5.74) is 1.24. The van der Waals surface area contributed by atoms with E-state index in [4.69, 9.17) is 14.5 Å². The Kier molecular flexibility index (Phi) is 10.9. The number of nitrogens with zero attached hydrogens (tertiary/aromatic N) is 2. The summed E-state index contributed by atoms with van der Waals surface area (Å²) in [6.45, 7) is 6.24. The van der Waals surface area contributed by atoms with E-state index in [-0.39, 0.29) is 24.0 Å². The lowest BCUT2D eigenvalue weighted by molar-refractivity contribution is 0.115. The van der Waals surface area contributed by atoms with Crippen molar-refractivity contribution in [2.75, 3.05) is 47.0 Å². The van der Waals surface area contributed by atoms with Gasteiger partial charge in [-0.3, -0.25) is 4.99 Å². The van der Waals surface area contributed by atoms with Crippen LogP contribution in [0.25, 0.3) is 0 Å². The maximum absolute atomic E-state index is 5.72. The molecule has 25 heavy (non-hydrogen) atoms. The van der Waals surface area contributed by atoms with Crippen LogP contribution in [0.15, 0.2) is 29.3 Å². The number of hydrogen-bond donors (Lipinski definition) is 1. The van der Waals surface area contributed by atoms with Crippen LogP contribution in [0, 0.1) is 5.92 Å². The largest absolute Gasteiger partial charge is 0.497 e. The van der Waals surface area contributed by atoms with Gasteiger partial charge in [-0.15, -0.1) is 24.0 Å². The third-order valence-corrected chi connectivity index (χ3v) is 4.11. The predicted molar refractivity (Wildman–Crippen MR) is 114 cm³/mol. The number of likely N-dealkylation sites (N-methyl/N-ethyl adjacent to an activating group) is 1. The fraction of sp³-hybridized carbons (Fsp3) is 0.632. The molecule has 5 nitrogen and oxygen atoms in total. The van der Waals surface area contributed by atoms with Crippen molar-refractivity contribution in [2.24, 2.45) is 10.9 Å². The van der Waals surface area contributed by atoms with E-state index < -0.39 is 0 Å². The van der Waals surface area contributed by atoms with E-state index in [1.165, 1.54) is 18.4 Å². The summed E-state index contributed by atoms with van der Waals surface area (Å²) in [5.74, 6) is 2.66. The number of methoxy groups -OCH3 is 1. The Hall–Kier alpha value is -1.02. The first-order valence-electron chi connectivity index (χ1n) is 8.93. The van der Waals surface area contributed by atoms with Gasteiger partial charge in [-0.25, -0.2) is 0 Å². The molecule has 1 fully saturated rings. The average Bonchev–Trinajstić information content (AvgIpc) is 3.42. The number of halogens is 1. The summed E-state index contributed by atoms with van der Waals surface area (Å²) < 4.78 is 11.0. The van der Waals surface area contributed by atoms with Crippen LogP contribution in [0.1, 0.15) is 25.3 Å². The quantitative estimate of drug-likeness (QED) is 0.252. The van der Waals surface area contributed by atoms with Crippen molar-refractivity contribution in [3.05, 3.63) is 29.8 Å². The summed E-state index contributed by atoms with van der Waals surface area (Å²) in [6, 6.07) is 8.16. The van der Waals surface area contributed by atoms with Crippen molar-refractivity contribution in [2.45, 2.75) is 26.2 Å². The number of aliphatic imine (C=N–C) groups is 1. The Bertz CT molecular complexity index is 521. The van der Waals surface area contributed by atoms with E-state index in [1.54, 1.807) is 7.11 Å². The van der Waals surface area contributed by atoms with Gasteiger partial charge in [-0.2, -0.15) is 0 Å². The van der Waals surface area contributed by atoms with Gasteiger partial charge in [0.25, 0.3) is 0 Å². The number of ether oxygens (including phenoxy) is 2. The summed E-state index contributed by atoms with van der Waals surface area (Å²) >= 11 is 0. The van der Waals surface area contributed by atoms with E-state index >= 15 is 0 Å². The van der Waals surface area contributed by atoms with Gasteiger partial charge < -0.3 is 19.7 Å². The van der Waals surface area contributed by atoms with Gasteiger partial charge >= 0.3 is 0 Å². The first-order chi connectivity index (χ1) is 11.7. The molecule has 1 aliphatic carbocycles. The molecule has 0 atom stereocenters. The number of rotatable bonds is 10. The zero-order valence-electron chi connectivity index (χ0n) is 15.7. The van der Waals surface area contributed by atoms with Crippen LogP contribution in [0.2, 0.25) is 0 Å². The van der Waals surface area contributed by atoms with Crippen LogP contribution in [-0.2, 0) is 11.2 Å². The second-order valence-electron chi connectivity index (χ2n) is 6.28. The first kappa shape index (κ1) is 22.0. The molecule has 1 aromatic carbocycles. The highest BCUT2D eigenvalue weighted by Gasteiger charge is 2.21. The van der Waals surface area contributed by atoms with Crippen LogP contribution in [-0.4, -0.2) is 57.9 Å². The minimum atomic E-state index is 0. The Labute approximate surface area is 169 Å². The van der Waals surface area contributed by atoms with Crippen molar-refractivity contribution in [3.8, 4) is 5.75 Å². The summed E-state index contributed by atoms with van der Waals surface area (Å²) in [4.78, 5) is 6.87. The molecule has 0 spiro atoms. The van der Waals surface area contributed by atoms with Crippen molar-refractivity contribution in [3.63, 3.8) is 0 Å². The van der Waals surface area contributed by atoms with Crippen molar-refractivity contribution in [1.29, 1.82) is 0 Å². The molecule has 0 heterocycles. The molecule has 0 bridgehead atoms. The Morgan fingerprint density at radius 2 is 2.16 bits per heavy atom. The van der Waals surface area contributed by atoms with E-state index in [1.807, 2.05) is 12.1 Å². The van der Waals surface area contributed by atoms with Gasteiger partial charge in [-0.1, -0.05) is 12.1 Å². The average molecular weight is 461 g/mol. The molecular formula is C19H32IN3O2. The van der Waals surface area contributed by atoms with Crippen LogP contribution < -0.4 is 10.1 Å². The summed E-state index contributed by atoms with van der Waals surface area (Å²) in [7, 11) is 3.76. The van der Waals surface area contributed by atoms with Gasteiger partial charge in [0.1, 0.15) is 5.75 Å². The zero-order chi connectivity index (χ0) is 17.2. The molecule has 1 aliphatic rings. The van der Waals surface area contributed by atoms with Gasteiger partial charge in [0.2, 0.25) is 0 Å². The number of benzene rings is 1. The Morgan fingerprint density at radius 3 is 2.84 bits per heavy atom. The van der Waals surface area contributed by atoms with Crippen LogP contribution in [0.5, 0.6) is 5.75 Å². The Morgan fingerprint density at radius 1 is 1.36 bits per heavy atom. The molecule has 1 aromatic rings. The number of nitrogens with one attached hydrogen (secondary N) is 1. The second-order valence-corrected chi connectivity index (χ2v) is 6.28. The van der Waals surface area contributed by atoms with Crippen LogP contribution in [0.4, 0.5) is 0 Å². The second kappa shape index (κ2) is 12.4. The minimum absolute atomic E-state index is 0. The zero-order valence-corrected chi connectivity index (χ0v) is 18.0. The van der Waals surface area contributed by atoms with E-state index in [0.29, 0.717) is 0 Å². The lowest BCUT2D eigenvalue weighted by Gasteiger charge is -2.22. The normalized spacial score (nSPS) is 14.0. The third-order valence-electron chi connectivity index (χ3n) is 4.11. The molecule has 6 heteroatoms. The van der Waals surface area contributed by atoms with E-state index in [2.05, 4.69) is 36.3 Å². The third kappa shape index (κ3) is 8.76. The molecule has 0 radical (unpaired) electrons. The highest BCUT2D eigenvalue weighted by atomic mass is 127. The molecule has 0 aromatic heterocycles. The minimum Gasteiger partial charge on any atom is -0.497 e. The topological polar surface area (TPSA) is 46.1 Å². The number of hydrogen-bond acceptors (Lipinski definition) is 3. The van der Waals surface area contributed by atoms with Crippen molar-refractivity contribution >= 4 is 29.9 Å². The molecule has 0 amide bonds. The fourth-order valence-corrected chi connectivity index (χ4v) is 2.43. The lowest BCUT2D eigenvalue weighted by atomic mass is 10.1. The Balaban J connectivity index is 0.00000312. The highest BCUT2D eigenvalue weighted by Crippen LogP contribution is 2.28.